The number of esters is 1. The van der Waals surface area contributed by atoms with Crippen LogP contribution in [0.1, 0.15) is 31.3 Å². The lowest BCUT2D eigenvalue weighted by molar-refractivity contribution is 0.0606. The van der Waals surface area contributed by atoms with Crippen LogP contribution in [0.3, 0.4) is 0 Å². The van der Waals surface area contributed by atoms with E-state index in [0.717, 1.165) is 23.6 Å². The number of thiophene rings is 1. The smallest absolute Gasteiger partial charge is 0.348 e. The third-order valence-electron chi connectivity index (χ3n) is 3.84. The van der Waals surface area contributed by atoms with Gasteiger partial charge in [-0.3, -0.25) is 9.80 Å². The van der Waals surface area contributed by atoms with Crippen molar-refractivity contribution in [2.75, 3.05) is 26.7 Å². The van der Waals surface area contributed by atoms with Crippen LogP contribution in [-0.2, 0) is 4.74 Å². The summed E-state index contributed by atoms with van der Waals surface area (Å²) in [5.74, 6) is -0.402. The predicted octanol–water partition coefficient (Wildman–Crippen LogP) is 2.37. The highest BCUT2D eigenvalue weighted by atomic mass is 32.1. The molecule has 0 radical (unpaired) electrons. The molecule has 6 nitrogen and oxygen atoms in total. The van der Waals surface area contributed by atoms with Crippen LogP contribution in [0, 0.1) is 0 Å². The number of carbonyl (C=O) groups is 2. The van der Waals surface area contributed by atoms with E-state index in [9.17, 15) is 9.59 Å². The van der Waals surface area contributed by atoms with Gasteiger partial charge < -0.3 is 10.1 Å². The lowest BCUT2D eigenvalue weighted by atomic mass is 10.2. The summed E-state index contributed by atoms with van der Waals surface area (Å²) in [4.78, 5) is 25.1. The number of hydrogen-bond acceptors (Lipinski definition) is 6. The zero-order valence-electron chi connectivity index (χ0n) is 13.9. The molecule has 2 heterocycles. The summed E-state index contributed by atoms with van der Waals surface area (Å²) in [6.45, 7) is 1.99. The van der Waals surface area contributed by atoms with Crippen LogP contribution in [0.15, 0.2) is 47.6 Å². The predicted molar refractivity (Wildman–Crippen MR) is 97.2 cm³/mol. The van der Waals surface area contributed by atoms with Crippen molar-refractivity contribution in [3.05, 3.63) is 57.8 Å². The van der Waals surface area contributed by atoms with Crippen molar-refractivity contribution in [1.29, 1.82) is 0 Å². The maximum atomic E-state index is 12.0. The first-order chi connectivity index (χ1) is 12.2. The highest BCUT2D eigenvalue weighted by Gasteiger charge is 2.19. The molecule has 25 heavy (non-hydrogen) atoms. The van der Waals surface area contributed by atoms with Crippen molar-refractivity contribution in [2.24, 2.45) is 5.10 Å². The van der Waals surface area contributed by atoms with E-state index in [1.165, 1.54) is 18.4 Å². The standard InChI is InChI=1S/C18H19N3O3S/c1-24-18(23)16-8-7-15(25-16)14-9-11-21(20-14)12-10-19-17(22)13-5-3-2-4-6-13/h2-8H,9-12H2,1H3,(H,19,22). The van der Waals surface area contributed by atoms with Crippen molar-refractivity contribution < 1.29 is 14.3 Å². The van der Waals surface area contributed by atoms with Gasteiger partial charge in [-0.1, -0.05) is 18.2 Å². The molecule has 7 heteroatoms. The van der Waals surface area contributed by atoms with Gasteiger partial charge >= 0.3 is 5.97 Å². The number of nitrogens with zero attached hydrogens (tertiary/aromatic N) is 2. The molecular weight excluding hydrogens is 338 g/mol. The number of amides is 1. The molecule has 130 valence electrons. The summed E-state index contributed by atoms with van der Waals surface area (Å²) in [6.07, 6.45) is 0.827. The van der Waals surface area contributed by atoms with Gasteiger partial charge in [0.1, 0.15) is 4.88 Å². The Balaban J connectivity index is 1.51. The molecule has 0 bridgehead atoms. The van der Waals surface area contributed by atoms with Crippen LogP contribution in [0.2, 0.25) is 0 Å². The van der Waals surface area contributed by atoms with E-state index in [0.29, 0.717) is 23.5 Å². The molecule has 0 saturated carbocycles. The number of carbonyl (C=O) groups excluding carboxylic acids is 2. The van der Waals surface area contributed by atoms with Gasteiger partial charge in [-0.05, 0) is 24.3 Å². The third kappa shape index (κ3) is 4.24. The molecule has 1 aromatic carbocycles. The number of benzene rings is 1. The summed E-state index contributed by atoms with van der Waals surface area (Å²) >= 11 is 1.39. The number of methoxy groups -OCH3 is 1. The summed E-state index contributed by atoms with van der Waals surface area (Å²) in [5.41, 5.74) is 1.62. The molecular formula is C18H19N3O3S. The van der Waals surface area contributed by atoms with Gasteiger partial charge in [0, 0.05) is 25.1 Å². The maximum absolute atomic E-state index is 12.0. The SMILES string of the molecule is COC(=O)c1ccc(C2=NN(CCNC(=O)c3ccccc3)CC2)s1. The Hall–Kier alpha value is -2.67. The van der Waals surface area contributed by atoms with E-state index < -0.39 is 0 Å². The molecule has 1 aliphatic heterocycles. The maximum Gasteiger partial charge on any atom is 0.348 e. The molecule has 0 atom stereocenters. The van der Waals surface area contributed by atoms with Crippen LogP contribution < -0.4 is 5.32 Å². The third-order valence-corrected chi connectivity index (χ3v) is 4.95. The summed E-state index contributed by atoms with van der Waals surface area (Å²) in [5, 5.41) is 9.42. The average molecular weight is 357 g/mol. The lowest BCUT2D eigenvalue weighted by Crippen LogP contribution is -2.31. The Morgan fingerprint density at radius 1 is 1.24 bits per heavy atom. The zero-order valence-corrected chi connectivity index (χ0v) is 14.7. The minimum absolute atomic E-state index is 0.0787. The fourth-order valence-corrected chi connectivity index (χ4v) is 3.47. The van der Waals surface area contributed by atoms with Gasteiger partial charge in [-0.15, -0.1) is 11.3 Å². The second-order valence-electron chi connectivity index (χ2n) is 5.53. The number of rotatable bonds is 6. The van der Waals surface area contributed by atoms with Crippen molar-refractivity contribution in [2.45, 2.75) is 6.42 Å². The van der Waals surface area contributed by atoms with E-state index in [1.54, 1.807) is 18.2 Å². The summed E-state index contributed by atoms with van der Waals surface area (Å²) in [7, 11) is 1.38. The first-order valence-corrected chi connectivity index (χ1v) is 8.83. The average Bonchev–Trinajstić information content (AvgIpc) is 3.31. The van der Waals surface area contributed by atoms with Crippen molar-refractivity contribution in [3.8, 4) is 0 Å². The van der Waals surface area contributed by atoms with Crippen LogP contribution >= 0.6 is 11.3 Å². The van der Waals surface area contributed by atoms with Crippen LogP contribution in [0.25, 0.3) is 0 Å². The van der Waals surface area contributed by atoms with Crippen molar-refractivity contribution >= 4 is 28.9 Å². The quantitative estimate of drug-likeness (QED) is 0.806. The van der Waals surface area contributed by atoms with Crippen LogP contribution in [-0.4, -0.2) is 49.3 Å². The van der Waals surface area contributed by atoms with Gasteiger partial charge in [0.05, 0.1) is 24.2 Å². The van der Waals surface area contributed by atoms with E-state index >= 15 is 0 Å². The molecule has 1 aromatic heterocycles. The zero-order chi connectivity index (χ0) is 17.6. The topological polar surface area (TPSA) is 71.0 Å². The minimum Gasteiger partial charge on any atom is -0.465 e. The Labute approximate surface area is 150 Å². The number of nitrogens with one attached hydrogen (secondary N) is 1. The van der Waals surface area contributed by atoms with Gasteiger partial charge in [0.25, 0.3) is 5.91 Å². The van der Waals surface area contributed by atoms with Gasteiger partial charge in [-0.2, -0.15) is 5.10 Å². The van der Waals surface area contributed by atoms with E-state index in [2.05, 4.69) is 10.4 Å². The van der Waals surface area contributed by atoms with Gasteiger partial charge in [-0.25, -0.2) is 4.79 Å². The highest BCUT2D eigenvalue weighted by molar-refractivity contribution is 7.16. The fraction of sp³-hybridized carbons (Fsp3) is 0.278. The Bertz CT molecular complexity index is 786. The number of ether oxygens (including phenoxy) is 1. The van der Waals surface area contributed by atoms with Crippen molar-refractivity contribution in [1.82, 2.24) is 10.3 Å². The molecule has 0 fully saturated rings. The van der Waals surface area contributed by atoms with Crippen molar-refractivity contribution in [3.63, 3.8) is 0 Å². The van der Waals surface area contributed by atoms with Gasteiger partial charge in [0.2, 0.25) is 0 Å². The molecule has 1 N–H and O–H groups in total. The molecule has 0 unspecified atom stereocenters. The minimum atomic E-state index is -0.324. The summed E-state index contributed by atoms with van der Waals surface area (Å²) in [6, 6.07) is 12.8. The number of hydrogen-bond donors (Lipinski definition) is 1. The molecule has 1 amide bonds. The van der Waals surface area contributed by atoms with Crippen LogP contribution in [0.4, 0.5) is 0 Å². The molecule has 1 aliphatic rings. The molecule has 3 rings (SSSR count). The first kappa shape index (κ1) is 17.2. The lowest BCUT2D eigenvalue weighted by Gasteiger charge is -2.13. The highest BCUT2D eigenvalue weighted by Crippen LogP contribution is 2.22. The first-order valence-electron chi connectivity index (χ1n) is 8.01. The Morgan fingerprint density at radius 2 is 2.04 bits per heavy atom. The Kier molecular flexibility index (Phi) is 5.45. The summed E-state index contributed by atoms with van der Waals surface area (Å²) < 4.78 is 4.73. The monoisotopic (exact) mass is 357 g/mol. The van der Waals surface area contributed by atoms with Gasteiger partial charge in [0.15, 0.2) is 0 Å². The second-order valence-corrected chi connectivity index (χ2v) is 6.61. The molecule has 0 aliphatic carbocycles. The largest absolute Gasteiger partial charge is 0.465 e. The van der Waals surface area contributed by atoms with E-state index in [1.807, 2.05) is 29.3 Å². The number of hydrazone groups is 1. The van der Waals surface area contributed by atoms with E-state index in [4.69, 9.17) is 4.74 Å². The molecule has 0 spiro atoms. The fourth-order valence-electron chi connectivity index (χ4n) is 2.53. The molecule has 2 aromatic rings. The van der Waals surface area contributed by atoms with E-state index in [-0.39, 0.29) is 11.9 Å². The Morgan fingerprint density at radius 3 is 2.80 bits per heavy atom. The second kappa shape index (κ2) is 7.94. The molecule has 0 saturated heterocycles. The van der Waals surface area contributed by atoms with Crippen LogP contribution in [0.5, 0.6) is 0 Å². The normalized spacial score (nSPS) is 13.5.